The summed E-state index contributed by atoms with van der Waals surface area (Å²) >= 11 is 0. The van der Waals surface area contributed by atoms with Gasteiger partial charge in [-0.15, -0.1) is 0 Å². The van der Waals surface area contributed by atoms with E-state index in [1.165, 1.54) is 0 Å². The Morgan fingerprint density at radius 3 is 2.79 bits per heavy atom. The van der Waals surface area contributed by atoms with Crippen molar-refractivity contribution in [1.29, 1.82) is 5.26 Å². The molecule has 2 N–H and O–H groups in total. The fourth-order valence-corrected chi connectivity index (χ4v) is 1.70. The highest BCUT2D eigenvalue weighted by atomic mass is 16.1. The molecule has 5 heteroatoms. The third-order valence-corrected chi connectivity index (χ3v) is 2.72. The zero-order valence-electron chi connectivity index (χ0n) is 10.4. The molecule has 0 unspecified atom stereocenters. The Labute approximate surface area is 111 Å². The summed E-state index contributed by atoms with van der Waals surface area (Å²) in [6.07, 6.45) is 4.43. The van der Waals surface area contributed by atoms with Crippen LogP contribution in [0.1, 0.15) is 16.8 Å². The van der Waals surface area contributed by atoms with Crippen molar-refractivity contribution in [3.63, 3.8) is 0 Å². The van der Waals surface area contributed by atoms with Gasteiger partial charge in [-0.3, -0.25) is 4.79 Å². The lowest BCUT2D eigenvalue weighted by Gasteiger charge is -2.04. The summed E-state index contributed by atoms with van der Waals surface area (Å²) in [5, 5.41) is 11.5. The normalized spacial score (nSPS) is 9.84. The Hall–Kier alpha value is -2.61. The number of benzene rings is 1. The van der Waals surface area contributed by atoms with Crippen LogP contribution in [-0.4, -0.2) is 22.4 Å². The molecule has 0 spiro atoms. The zero-order chi connectivity index (χ0) is 13.5. The maximum Gasteiger partial charge on any atom is 0.224 e. The minimum Gasteiger partial charge on any atom is -0.355 e. The molecule has 1 heterocycles. The molecule has 0 saturated heterocycles. The van der Waals surface area contributed by atoms with Gasteiger partial charge < -0.3 is 10.3 Å². The van der Waals surface area contributed by atoms with Gasteiger partial charge in [0.05, 0.1) is 24.4 Å². The second-order valence-electron chi connectivity index (χ2n) is 4.16. The van der Waals surface area contributed by atoms with Gasteiger partial charge in [-0.2, -0.15) is 5.26 Å². The van der Waals surface area contributed by atoms with Crippen molar-refractivity contribution in [2.24, 2.45) is 0 Å². The van der Waals surface area contributed by atoms with Crippen LogP contribution >= 0.6 is 0 Å². The van der Waals surface area contributed by atoms with Crippen LogP contribution in [0.15, 0.2) is 36.8 Å². The molecule has 0 bridgehead atoms. The average Bonchev–Trinajstić information content (AvgIpc) is 2.93. The largest absolute Gasteiger partial charge is 0.355 e. The van der Waals surface area contributed by atoms with E-state index in [1.54, 1.807) is 36.8 Å². The number of aromatic nitrogens is 2. The van der Waals surface area contributed by atoms with Crippen LogP contribution in [0.2, 0.25) is 0 Å². The van der Waals surface area contributed by atoms with Crippen LogP contribution in [0.4, 0.5) is 0 Å². The number of hydrogen-bond donors (Lipinski definition) is 2. The number of rotatable bonds is 5. The van der Waals surface area contributed by atoms with Crippen LogP contribution in [0.5, 0.6) is 0 Å². The number of nitriles is 1. The first-order valence-corrected chi connectivity index (χ1v) is 6.01. The van der Waals surface area contributed by atoms with Crippen molar-refractivity contribution < 1.29 is 4.79 Å². The van der Waals surface area contributed by atoms with E-state index in [-0.39, 0.29) is 5.91 Å². The predicted molar refractivity (Wildman–Crippen MR) is 70.2 cm³/mol. The number of amides is 1. The first-order chi connectivity index (χ1) is 9.28. The summed E-state index contributed by atoms with van der Waals surface area (Å²) < 4.78 is 0. The van der Waals surface area contributed by atoms with Crippen molar-refractivity contribution in [2.75, 3.05) is 6.54 Å². The van der Waals surface area contributed by atoms with Gasteiger partial charge in [-0.05, 0) is 17.7 Å². The summed E-state index contributed by atoms with van der Waals surface area (Å²) in [7, 11) is 0. The van der Waals surface area contributed by atoms with Gasteiger partial charge in [0, 0.05) is 24.9 Å². The molecule has 0 radical (unpaired) electrons. The fraction of sp³-hybridized carbons (Fsp3) is 0.214. The molecule has 2 rings (SSSR count). The number of aromatic amines is 1. The highest BCUT2D eigenvalue weighted by Gasteiger charge is 2.03. The minimum atomic E-state index is -0.0239. The van der Waals surface area contributed by atoms with Gasteiger partial charge in [-0.25, -0.2) is 4.98 Å². The van der Waals surface area contributed by atoms with E-state index in [2.05, 4.69) is 15.3 Å². The highest BCUT2D eigenvalue weighted by Crippen LogP contribution is 2.04. The minimum absolute atomic E-state index is 0.0239. The molecule has 0 saturated carbocycles. The third-order valence-electron chi connectivity index (χ3n) is 2.72. The van der Waals surface area contributed by atoms with Gasteiger partial charge >= 0.3 is 0 Å². The molecule has 1 aromatic carbocycles. The SMILES string of the molecule is N#Cc1ccc(CC(=O)NCCc2cnc[nH]2)cc1. The molecule has 1 amide bonds. The number of imidazole rings is 1. The van der Waals surface area contributed by atoms with Crippen molar-refractivity contribution >= 4 is 5.91 Å². The molecule has 1 aromatic heterocycles. The molecule has 0 aliphatic heterocycles. The number of H-pyrrole nitrogens is 1. The number of nitrogens with one attached hydrogen (secondary N) is 2. The van der Waals surface area contributed by atoms with Crippen LogP contribution in [0, 0.1) is 11.3 Å². The van der Waals surface area contributed by atoms with Gasteiger partial charge in [0.2, 0.25) is 5.91 Å². The van der Waals surface area contributed by atoms with E-state index < -0.39 is 0 Å². The third kappa shape index (κ3) is 3.96. The van der Waals surface area contributed by atoms with Crippen LogP contribution in [0.25, 0.3) is 0 Å². The van der Waals surface area contributed by atoms with Gasteiger partial charge in [-0.1, -0.05) is 12.1 Å². The summed E-state index contributed by atoms with van der Waals surface area (Å²) in [4.78, 5) is 18.6. The maximum absolute atomic E-state index is 11.7. The van der Waals surface area contributed by atoms with E-state index in [1.807, 2.05) is 6.07 Å². The van der Waals surface area contributed by atoms with Crippen molar-refractivity contribution in [2.45, 2.75) is 12.8 Å². The van der Waals surface area contributed by atoms with Crippen molar-refractivity contribution in [1.82, 2.24) is 15.3 Å². The molecule has 5 nitrogen and oxygen atoms in total. The monoisotopic (exact) mass is 254 g/mol. The van der Waals surface area contributed by atoms with E-state index in [9.17, 15) is 4.79 Å². The lowest BCUT2D eigenvalue weighted by atomic mass is 10.1. The van der Waals surface area contributed by atoms with Gasteiger partial charge in [0.25, 0.3) is 0 Å². The summed E-state index contributed by atoms with van der Waals surface area (Å²) in [5.41, 5.74) is 2.50. The predicted octanol–water partition coefficient (Wildman–Crippen LogP) is 1.18. The number of carbonyl (C=O) groups is 1. The Balaban J connectivity index is 1.76. The van der Waals surface area contributed by atoms with E-state index in [0.29, 0.717) is 18.5 Å². The lowest BCUT2D eigenvalue weighted by Crippen LogP contribution is -2.27. The lowest BCUT2D eigenvalue weighted by molar-refractivity contribution is -0.120. The molecular formula is C14H14N4O. The Morgan fingerprint density at radius 2 is 2.16 bits per heavy atom. The highest BCUT2D eigenvalue weighted by molar-refractivity contribution is 5.78. The summed E-state index contributed by atoms with van der Waals surface area (Å²) in [6.45, 7) is 0.581. The average molecular weight is 254 g/mol. The Morgan fingerprint density at radius 1 is 1.37 bits per heavy atom. The quantitative estimate of drug-likeness (QED) is 0.840. The van der Waals surface area contributed by atoms with Crippen LogP contribution in [0.3, 0.4) is 0 Å². The number of hydrogen-bond acceptors (Lipinski definition) is 3. The molecule has 19 heavy (non-hydrogen) atoms. The standard InChI is InChI=1S/C14H14N4O/c15-8-12-3-1-11(2-4-12)7-14(19)17-6-5-13-9-16-10-18-13/h1-4,9-10H,5-7H2,(H,16,18)(H,17,19). The van der Waals surface area contributed by atoms with Crippen molar-refractivity contribution in [3.8, 4) is 6.07 Å². The maximum atomic E-state index is 11.7. The Kier molecular flexibility index (Phi) is 4.29. The van der Waals surface area contributed by atoms with Crippen molar-refractivity contribution in [3.05, 3.63) is 53.6 Å². The number of carbonyl (C=O) groups excluding carboxylic acids is 1. The van der Waals surface area contributed by atoms with Gasteiger partial charge in [0.15, 0.2) is 0 Å². The smallest absolute Gasteiger partial charge is 0.224 e. The van der Waals surface area contributed by atoms with E-state index in [4.69, 9.17) is 5.26 Å². The fourth-order valence-electron chi connectivity index (χ4n) is 1.70. The number of nitrogens with zero attached hydrogens (tertiary/aromatic N) is 2. The van der Waals surface area contributed by atoms with E-state index in [0.717, 1.165) is 17.7 Å². The first-order valence-electron chi connectivity index (χ1n) is 6.01. The Bertz CT molecular complexity index is 566. The second-order valence-corrected chi connectivity index (χ2v) is 4.16. The molecule has 0 fully saturated rings. The molecular weight excluding hydrogens is 240 g/mol. The summed E-state index contributed by atoms with van der Waals surface area (Å²) in [6, 6.07) is 9.08. The zero-order valence-corrected chi connectivity index (χ0v) is 10.4. The second kappa shape index (κ2) is 6.36. The molecule has 2 aromatic rings. The molecule has 0 aliphatic carbocycles. The molecule has 0 atom stereocenters. The molecule has 96 valence electrons. The van der Waals surface area contributed by atoms with Crippen LogP contribution in [-0.2, 0) is 17.6 Å². The first kappa shape index (κ1) is 12.8. The van der Waals surface area contributed by atoms with Gasteiger partial charge in [0.1, 0.15) is 0 Å². The topological polar surface area (TPSA) is 81.6 Å². The summed E-state index contributed by atoms with van der Waals surface area (Å²) in [5.74, 6) is -0.0239. The van der Waals surface area contributed by atoms with E-state index >= 15 is 0 Å². The molecule has 0 aliphatic rings. The van der Waals surface area contributed by atoms with Crippen LogP contribution < -0.4 is 5.32 Å².